The van der Waals surface area contributed by atoms with Crippen molar-refractivity contribution in [2.24, 2.45) is 0 Å². The van der Waals surface area contributed by atoms with Gasteiger partial charge in [-0.25, -0.2) is 9.78 Å². The summed E-state index contributed by atoms with van der Waals surface area (Å²) in [4.78, 5) is 8.86. The Labute approximate surface area is 63.4 Å². The molecule has 0 aliphatic heterocycles. The highest BCUT2D eigenvalue weighted by Crippen LogP contribution is 1.86. The Bertz CT molecular complexity index is 49.1. The highest BCUT2D eigenvalue weighted by molar-refractivity contribution is 7.80. The smallest absolute Gasteiger partial charge is 0.0861 e. The molecule has 9 heavy (non-hydrogen) atoms. The third-order valence-electron chi connectivity index (χ3n) is 0.541. The molecule has 0 saturated heterocycles. The molecular weight excluding hydrogens is 156 g/mol. The van der Waals surface area contributed by atoms with Crippen molar-refractivity contribution in [3.05, 3.63) is 0 Å². The van der Waals surface area contributed by atoms with E-state index in [0.29, 0.717) is 12.8 Å². The molecule has 0 bridgehead atoms. The molecule has 0 atom stereocenters. The zero-order chi connectivity index (χ0) is 6.95. The van der Waals surface area contributed by atoms with Gasteiger partial charge in [0.1, 0.15) is 0 Å². The Morgan fingerprint density at radius 2 is 2.11 bits per heavy atom. The molecule has 3 radical (unpaired) electrons. The summed E-state index contributed by atoms with van der Waals surface area (Å²) in [5.41, 5.74) is 0. The van der Waals surface area contributed by atoms with Crippen LogP contribution in [0.2, 0.25) is 0 Å². The predicted molar refractivity (Wildman–Crippen MR) is 37.2 cm³/mol. The molecule has 0 rings (SSSR count). The summed E-state index contributed by atoms with van der Waals surface area (Å²) in [6.07, 6.45) is 1.16. The monoisotopic (exact) mass is 165 g/mol. The Kier molecular flexibility index (Phi) is 8.87. The van der Waals surface area contributed by atoms with E-state index in [1.807, 2.05) is 0 Å². The number of hydrogen-bond donors (Lipinski definition) is 1. The van der Waals surface area contributed by atoms with Crippen LogP contribution in [0.5, 0.6) is 0 Å². The van der Waals surface area contributed by atoms with Gasteiger partial charge in [0.05, 0.1) is 23.1 Å². The van der Waals surface area contributed by atoms with Crippen molar-refractivity contribution >= 4 is 22.9 Å². The van der Waals surface area contributed by atoms with Crippen LogP contribution in [-0.2, 0) is 14.8 Å². The van der Waals surface area contributed by atoms with Crippen LogP contribution in [0.15, 0.2) is 0 Å². The van der Waals surface area contributed by atoms with E-state index in [-0.39, 0.29) is 0 Å². The lowest BCUT2D eigenvalue weighted by atomic mass is 10.5. The maximum atomic E-state index is 4.51. The van der Waals surface area contributed by atoms with Crippen LogP contribution >= 0.6 is 12.6 Å². The Hall–Kier alpha value is 0.447. The summed E-state index contributed by atoms with van der Waals surface area (Å²) in [7, 11) is 3.02. The van der Waals surface area contributed by atoms with E-state index in [4.69, 9.17) is 0 Å². The normalized spacial score (nSPS) is 10.0. The van der Waals surface area contributed by atoms with Crippen molar-refractivity contribution in [1.29, 1.82) is 0 Å². The fourth-order valence-electron chi connectivity index (χ4n) is 0.216. The van der Waals surface area contributed by atoms with Gasteiger partial charge in [0, 0.05) is 0 Å². The van der Waals surface area contributed by atoms with Crippen LogP contribution < -0.4 is 0 Å². The molecule has 0 heterocycles. The zero-order valence-corrected chi connectivity index (χ0v) is 6.89. The standard InChI is InChI=1S/C4H9O3SSi/c8-3-1-2-5-7-6-4-9/h8H,1-4H2. The molecule has 0 aromatic carbocycles. The number of thiol groups is 1. The minimum Gasteiger partial charge on any atom is -0.211 e. The molecule has 0 aliphatic carbocycles. The van der Waals surface area contributed by atoms with E-state index < -0.39 is 0 Å². The Balaban J connectivity index is 2.60. The second-order valence-electron chi connectivity index (χ2n) is 1.23. The highest BCUT2D eigenvalue weighted by atomic mass is 32.1. The molecule has 0 spiro atoms. The maximum Gasteiger partial charge on any atom is 0.0861 e. The average Bonchev–Trinajstić information content (AvgIpc) is 1.89. The number of rotatable bonds is 6. The van der Waals surface area contributed by atoms with Crippen LogP contribution in [0.3, 0.4) is 0 Å². The second-order valence-corrected chi connectivity index (χ2v) is 1.97. The first-order chi connectivity index (χ1) is 4.41. The molecule has 0 unspecified atom stereocenters. The summed E-state index contributed by atoms with van der Waals surface area (Å²) in [5.74, 6) is 0.789. The van der Waals surface area contributed by atoms with Crippen molar-refractivity contribution in [2.75, 3.05) is 18.6 Å². The largest absolute Gasteiger partial charge is 0.211 e. The lowest BCUT2D eigenvalue weighted by molar-refractivity contribution is -0.506. The van der Waals surface area contributed by atoms with Gasteiger partial charge in [-0.05, 0) is 12.2 Å². The fraction of sp³-hybridized carbons (Fsp3) is 1.00. The van der Waals surface area contributed by atoms with Gasteiger partial charge >= 0.3 is 0 Å². The van der Waals surface area contributed by atoms with Crippen LogP contribution in [0.4, 0.5) is 0 Å². The summed E-state index contributed by atoms with van der Waals surface area (Å²) in [5, 5.41) is 4.20. The van der Waals surface area contributed by atoms with Gasteiger partial charge in [-0.3, -0.25) is 0 Å². The topological polar surface area (TPSA) is 27.7 Å². The summed E-state index contributed by atoms with van der Waals surface area (Å²) in [6, 6.07) is 0. The van der Waals surface area contributed by atoms with Crippen molar-refractivity contribution in [3.8, 4) is 0 Å². The van der Waals surface area contributed by atoms with Gasteiger partial charge in [-0.2, -0.15) is 12.6 Å². The molecule has 0 aliphatic rings. The minimum absolute atomic E-state index is 0.306. The second kappa shape index (κ2) is 8.45. The van der Waals surface area contributed by atoms with Crippen molar-refractivity contribution < 1.29 is 14.8 Å². The van der Waals surface area contributed by atoms with E-state index in [2.05, 4.69) is 37.7 Å². The summed E-state index contributed by atoms with van der Waals surface area (Å²) in [6.45, 7) is 0.510. The van der Waals surface area contributed by atoms with Crippen molar-refractivity contribution in [2.45, 2.75) is 6.42 Å². The first kappa shape index (κ1) is 9.45. The van der Waals surface area contributed by atoms with Crippen LogP contribution in [0.25, 0.3) is 0 Å². The highest BCUT2D eigenvalue weighted by Gasteiger charge is 1.85. The molecule has 0 fully saturated rings. The lowest BCUT2D eigenvalue weighted by Crippen LogP contribution is -1.99. The summed E-state index contributed by atoms with van der Waals surface area (Å²) >= 11 is 3.96. The summed E-state index contributed by atoms with van der Waals surface area (Å²) < 4.78 is 0. The van der Waals surface area contributed by atoms with Crippen LogP contribution in [-0.4, -0.2) is 28.8 Å². The van der Waals surface area contributed by atoms with E-state index in [0.717, 1.165) is 12.2 Å². The third kappa shape index (κ3) is 8.45. The molecule has 0 aromatic heterocycles. The third-order valence-corrected chi connectivity index (χ3v) is 0.975. The van der Waals surface area contributed by atoms with E-state index in [1.165, 1.54) is 0 Å². The molecule has 0 saturated carbocycles. The molecule has 5 heteroatoms. The molecule has 0 amide bonds. The molecular formula is C4H9O3SSi. The van der Waals surface area contributed by atoms with E-state index >= 15 is 0 Å². The quantitative estimate of drug-likeness (QED) is 0.202. The van der Waals surface area contributed by atoms with Crippen LogP contribution in [0, 0.1) is 0 Å². The number of hydrogen-bond acceptors (Lipinski definition) is 4. The first-order valence-corrected chi connectivity index (χ1v) is 3.92. The molecule has 0 aromatic rings. The first-order valence-electron chi connectivity index (χ1n) is 2.58. The Morgan fingerprint density at radius 3 is 2.67 bits per heavy atom. The van der Waals surface area contributed by atoms with Gasteiger partial charge < -0.3 is 0 Å². The average molecular weight is 165 g/mol. The zero-order valence-electron chi connectivity index (χ0n) is 5.00. The van der Waals surface area contributed by atoms with Gasteiger partial charge in [0.2, 0.25) is 0 Å². The minimum atomic E-state index is 0.306. The Morgan fingerprint density at radius 1 is 1.33 bits per heavy atom. The van der Waals surface area contributed by atoms with Gasteiger partial charge in [0.25, 0.3) is 0 Å². The van der Waals surface area contributed by atoms with Crippen LogP contribution in [0.1, 0.15) is 6.42 Å². The van der Waals surface area contributed by atoms with E-state index in [9.17, 15) is 0 Å². The van der Waals surface area contributed by atoms with Crippen molar-refractivity contribution in [1.82, 2.24) is 0 Å². The van der Waals surface area contributed by atoms with E-state index in [1.54, 1.807) is 0 Å². The van der Waals surface area contributed by atoms with Gasteiger partial charge in [-0.1, -0.05) is 5.04 Å². The SMILES string of the molecule is [Si]COOOCCCS. The fourth-order valence-corrected chi connectivity index (χ4v) is 0.393. The lowest BCUT2D eigenvalue weighted by Gasteiger charge is -1.98. The van der Waals surface area contributed by atoms with Gasteiger partial charge in [-0.15, -0.1) is 0 Å². The molecule has 3 nitrogen and oxygen atoms in total. The molecule has 53 valence electrons. The predicted octanol–water partition coefficient (Wildman–Crippen LogP) is 0.312. The van der Waals surface area contributed by atoms with Crippen molar-refractivity contribution in [3.63, 3.8) is 0 Å². The maximum absolute atomic E-state index is 4.51. The molecule has 0 N–H and O–H groups in total. The van der Waals surface area contributed by atoms with Gasteiger partial charge in [0.15, 0.2) is 0 Å².